The quantitative estimate of drug-likeness (QED) is 0.153. The summed E-state index contributed by atoms with van der Waals surface area (Å²) in [6.07, 6.45) is 2.67. The van der Waals surface area contributed by atoms with Gasteiger partial charge in [0.05, 0.1) is 26.7 Å². The van der Waals surface area contributed by atoms with E-state index < -0.39 is 0 Å². The van der Waals surface area contributed by atoms with Crippen LogP contribution >= 0.6 is 7.92 Å². The highest BCUT2D eigenvalue weighted by Gasteiger charge is 2.27. The molecule has 1 aliphatic rings. The summed E-state index contributed by atoms with van der Waals surface area (Å²) in [6.45, 7) is 10.6. The van der Waals surface area contributed by atoms with Gasteiger partial charge in [-0.05, 0) is 91.8 Å². The number of carbonyl (C=O) groups is 1. The first-order valence-electron chi connectivity index (χ1n) is 12.8. The van der Waals surface area contributed by atoms with Crippen LogP contribution in [0, 0.1) is 13.8 Å². The predicted octanol–water partition coefficient (Wildman–Crippen LogP) is 7.10. The largest absolute Gasteiger partial charge is 0.494 e. The van der Waals surface area contributed by atoms with Crippen LogP contribution in [0.4, 0.5) is 0 Å². The first kappa shape index (κ1) is 27.0. The summed E-state index contributed by atoms with van der Waals surface area (Å²) in [5.74, 6) is 2.27. The van der Waals surface area contributed by atoms with Crippen LogP contribution in [-0.2, 0) is 16.1 Å². The lowest BCUT2D eigenvalue weighted by Crippen LogP contribution is -2.09. The molecule has 1 atom stereocenters. The predicted molar refractivity (Wildman–Crippen MR) is 151 cm³/mol. The molecule has 1 heterocycles. The van der Waals surface area contributed by atoms with Gasteiger partial charge in [-0.1, -0.05) is 24.3 Å². The molecule has 0 fully saturated rings. The van der Waals surface area contributed by atoms with Crippen LogP contribution in [0.25, 0.3) is 11.1 Å². The van der Waals surface area contributed by atoms with Crippen LogP contribution in [0.2, 0.25) is 0 Å². The zero-order chi connectivity index (χ0) is 26.4. The molecule has 0 aromatic heterocycles. The molecule has 1 aliphatic heterocycles. The molecule has 0 amide bonds. The van der Waals surface area contributed by atoms with Gasteiger partial charge in [0.25, 0.3) is 0 Å². The molecule has 3 aromatic rings. The van der Waals surface area contributed by atoms with Crippen molar-refractivity contribution in [3.8, 4) is 28.4 Å². The summed E-state index contributed by atoms with van der Waals surface area (Å²) in [7, 11) is 1.54. The highest BCUT2D eigenvalue weighted by atomic mass is 31.1. The van der Waals surface area contributed by atoms with Crippen LogP contribution in [0.5, 0.6) is 17.2 Å². The van der Waals surface area contributed by atoms with Crippen molar-refractivity contribution < 1.29 is 23.7 Å². The topological polar surface area (TPSA) is 54.0 Å². The minimum atomic E-state index is -0.225. The zero-order valence-corrected chi connectivity index (χ0v) is 23.4. The number of ether oxygens (including phenoxy) is 4. The molecule has 0 saturated heterocycles. The third-order valence-corrected chi connectivity index (χ3v) is 7.86. The molecule has 0 N–H and O–H groups in total. The van der Waals surface area contributed by atoms with Crippen LogP contribution in [0.1, 0.15) is 41.0 Å². The van der Waals surface area contributed by atoms with Crippen LogP contribution in [0.3, 0.4) is 0 Å². The van der Waals surface area contributed by atoms with E-state index in [1.807, 2.05) is 18.2 Å². The first-order valence-corrected chi connectivity index (χ1v) is 15.2. The molecule has 1 unspecified atom stereocenters. The van der Waals surface area contributed by atoms with E-state index >= 15 is 0 Å². The highest BCUT2D eigenvalue weighted by Crippen LogP contribution is 2.39. The number of carbonyl (C=O) groups excluding carboxylic acids is 1. The average Bonchev–Trinajstić information content (AvgIpc) is 3.27. The minimum Gasteiger partial charge on any atom is -0.494 e. The van der Waals surface area contributed by atoms with Crippen molar-refractivity contribution in [3.63, 3.8) is 0 Å². The Balaban J connectivity index is 1.41. The monoisotopic (exact) mass is 520 g/mol. The Hall–Kier alpha value is -3.04. The summed E-state index contributed by atoms with van der Waals surface area (Å²) in [6, 6.07) is 18.6. The Bertz CT molecular complexity index is 1210. The summed E-state index contributed by atoms with van der Waals surface area (Å²) in [4.78, 5) is 11.7. The molecule has 0 radical (unpaired) electrons. The summed E-state index contributed by atoms with van der Waals surface area (Å²) < 4.78 is 22.8. The fraction of sp³-hybridized carbons (Fsp3) is 0.387. The molecule has 0 saturated carbocycles. The van der Waals surface area contributed by atoms with Crippen molar-refractivity contribution in [2.24, 2.45) is 0 Å². The molecule has 37 heavy (non-hydrogen) atoms. The van der Waals surface area contributed by atoms with Crippen molar-refractivity contribution in [1.82, 2.24) is 0 Å². The van der Waals surface area contributed by atoms with E-state index in [9.17, 15) is 4.79 Å². The standard InChI is InChI=1S/C31H37O5P/c1-21-14-27(34-12-7-13-37(4)5)15-22(2)31(21)24-9-6-8-23(16-24)19-35-26-10-11-28-25(17-30(32)33-3)20-36-29(28)18-26/h6,8-11,14-16,18,25H,7,12-13,17,19-20H2,1-5H3. The maximum Gasteiger partial charge on any atom is 0.306 e. The van der Waals surface area contributed by atoms with Crippen molar-refractivity contribution in [2.45, 2.75) is 39.2 Å². The number of aryl methyl sites for hydroxylation is 2. The zero-order valence-electron chi connectivity index (χ0n) is 22.5. The molecule has 6 heteroatoms. The van der Waals surface area contributed by atoms with Crippen molar-refractivity contribution in [3.05, 3.63) is 76.9 Å². The van der Waals surface area contributed by atoms with Gasteiger partial charge in [-0.3, -0.25) is 4.79 Å². The Kier molecular flexibility index (Phi) is 9.10. The second kappa shape index (κ2) is 12.5. The second-order valence-corrected chi connectivity index (χ2v) is 12.5. The molecule has 0 bridgehead atoms. The van der Waals surface area contributed by atoms with Gasteiger partial charge in [0.1, 0.15) is 23.9 Å². The Labute approximate surface area is 221 Å². The fourth-order valence-corrected chi connectivity index (χ4v) is 5.58. The van der Waals surface area contributed by atoms with E-state index in [1.165, 1.54) is 35.5 Å². The van der Waals surface area contributed by atoms with E-state index in [0.717, 1.165) is 41.4 Å². The van der Waals surface area contributed by atoms with Crippen molar-refractivity contribution in [1.29, 1.82) is 0 Å². The Morgan fingerprint density at radius 1 is 1.00 bits per heavy atom. The van der Waals surface area contributed by atoms with Crippen molar-refractivity contribution in [2.75, 3.05) is 39.8 Å². The van der Waals surface area contributed by atoms with Crippen molar-refractivity contribution >= 4 is 13.9 Å². The smallest absolute Gasteiger partial charge is 0.306 e. The lowest BCUT2D eigenvalue weighted by molar-refractivity contribution is -0.141. The maximum atomic E-state index is 11.7. The van der Waals surface area contributed by atoms with E-state index in [-0.39, 0.29) is 19.8 Å². The summed E-state index contributed by atoms with van der Waals surface area (Å²) >= 11 is 0. The lowest BCUT2D eigenvalue weighted by atomic mass is 9.94. The van der Waals surface area contributed by atoms with Crippen LogP contribution < -0.4 is 14.2 Å². The van der Waals surface area contributed by atoms with Gasteiger partial charge in [-0.2, -0.15) is 0 Å². The van der Waals surface area contributed by atoms with E-state index in [1.54, 1.807) is 0 Å². The molecule has 3 aromatic carbocycles. The SMILES string of the molecule is COC(=O)CC1COc2cc(OCc3cccc(-c4c(C)cc(OCCCP(C)C)cc4C)c3)ccc21. The molecule has 0 spiro atoms. The number of fused-ring (bicyclic) bond motifs is 1. The number of hydrogen-bond donors (Lipinski definition) is 0. The van der Waals surface area contributed by atoms with Gasteiger partial charge < -0.3 is 18.9 Å². The van der Waals surface area contributed by atoms with Crippen LogP contribution in [-0.4, -0.2) is 45.8 Å². The number of esters is 1. The molecule has 4 rings (SSSR count). The molecular weight excluding hydrogens is 483 g/mol. The van der Waals surface area contributed by atoms with E-state index in [4.69, 9.17) is 18.9 Å². The third kappa shape index (κ3) is 7.05. The first-order chi connectivity index (χ1) is 17.8. The number of methoxy groups -OCH3 is 1. The van der Waals surface area contributed by atoms with Gasteiger partial charge in [0.15, 0.2) is 0 Å². The van der Waals surface area contributed by atoms with E-state index in [0.29, 0.717) is 19.6 Å². The van der Waals surface area contributed by atoms with Gasteiger partial charge in [0, 0.05) is 17.5 Å². The van der Waals surface area contributed by atoms with Gasteiger partial charge >= 0.3 is 5.97 Å². The Morgan fingerprint density at radius 2 is 1.78 bits per heavy atom. The second-order valence-electron chi connectivity index (χ2n) is 9.91. The highest BCUT2D eigenvalue weighted by molar-refractivity contribution is 7.55. The summed E-state index contributed by atoms with van der Waals surface area (Å²) in [5, 5.41) is 0. The normalized spacial score (nSPS) is 14.3. The maximum absolute atomic E-state index is 11.7. The Morgan fingerprint density at radius 3 is 2.51 bits per heavy atom. The van der Waals surface area contributed by atoms with E-state index in [2.05, 4.69) is 63.6 Å². The van der Waals surface area contributed by atoms with Gasteiger partial charge in [-0.25, -0.2) is 0 Å². The molecule has 5 nitrogen and oxygen atoms in total. The van der Waals surface area contributed by atoms with Crippen LogP contribution in [0.15, 0.2) is 54.6 Å². The minimum absolute atomic E-state index is 0.0252. The lowest BCUT2D eigenvalue weighted by Gasteiger charge is -2.15. The van der Waals surface area contributed by atoms with Gasteiger partial charge in [0.2, 0.25) is 0 Å². The fourth-order valence-electron chi connectivity index (χ4n) is 4.82. The molecule has 0 aliphatic carbocycles. The molecular formula is C31H37O5P. The average molecular weight is 521 g/mol. The number of benzene rings is 3. The summed E-state index contributed by atoms with van der Waals surface area (Å²) in [5.41, 5.74) is 6.95. The molecule has 196 valence electrons. The van der Waals surface area contributed by atoms with Gasteiger partial charge in [-0.15, -0.1) is 7.92 Å². The number of rotatable bonds is 11. The number of hydrogen-bond acceptors (Lipinski definition) is 5. The third-order valence-electron chi connectivity index (χ3n) is 6.65.